The first-order chi connectivity index (χ1) is 9.93. The number of aryl methyl sites for hydroxylation is 2. The first kappa shape index (κ1) is 14.7. The molecule has 21 heavy (non-hydrogen) atoms. The summed E-state index contributed by atoms with van der Waals surface area (Å²) in [6, 6.07) is 4.67. The lowest BCUT2D eigenvalue weighted by Crippen LogP contribution is -2.14. The Morgan fingerprint density at radius 2 is 2.14 bits per heavy atom. The number of nitro benzene ring substituents is 1. The molecule has 0 aliphatic heterocycles. The molecule has 0 bridgehead atoms. The van der Waals surface area contributed by atoms with E-state index in [2.05, 4.69) is 10.4 Å². The molecule has 0 unspecified atom stereocenters. The highest BCUT2D eigenvalue weighted by Crippen LogP contribution is 2.26. The SMILES string of the molecule is CCn1ncc(C(=O)Nc2ccc(C)cc2[N+](=O)[O-])c1C. The van der Waals surface area contributed by atoms with E-state index < -0.39 is 10.8 Å². The third-order valence-electron chi connectivity index (χ3n) is 3.25. The van der Waals surface area contributed by atoms with Crippen molar-refractivity contribution < 1.29 is 9.72 Å². The number of hydrogen-bond donors (Lipinski definition) is 1. The van der Waals surface area contributed by atoms with Gasteiger partial charge in [-0.1, -0.05) is 6.07 Å². The van der Waals surface area contributed by atoms with Crippen LogP contribution in [-0.4, -0.2) is 20.6 Å². The van der Waals surface area contributed by atoms with E-state index in [1.165, 1.54) is 18.3 Å². The molecule has 1 heterocycles. The molecule has 0 radical (unpaired) electrons. The van der Waals surface area contributed by atoms with Gasteiger partial charge in [0.25, 0.3) is 11.6 Å². The van der Waals surface area contributed by atoms with Crippen LogP contribution in [0.25, 0.3) is 0 Å². The maximum Gasteiger partial charge on any atom is 0.293 e. The molecule has 1 N–H and O–H groups in total. The summed E-state index contributed by atoms with van der Waals surface area (Å²) in [5.74, 6) is -0.404. The average molecular weight is 288 g/mol. The Labute approximate surface area is 121 Å². The molecule has 7 heteroatoms. The molecule has 7 nitrogen and oxygen atoms in total. The average Bonchev–Trinajstić information content (AvgIpc) is 2.81. The molecule has 1 aromatic carbocycles. The first-order valence-electron chi connectivity index (χ1n) is 6.52. The van der Waals surface area contributed by atoms with E-state index in [-0.39, 0.29) is 11.4 Å². The van der Waals surface area contributed by atoms with Crippen LogP contribution in [-0.2, 0) is 6.54 Å². The number of carbonyl (C=O) groups excluding carboxylic acids is 1. The largest absolute Gasteiger partial charge is 0.316 e. The third kappa shape index (κ3) is 2.91. The summed E-state index contributed by atoms with van der Waals surface area (Å²) in [6.07, 6.45) is 1.47. The predicted octanol–water partition coefficient (Wildman–Crippen LogP) is 2.68. The maximum absolute atomic E-state index is 12.2. The van der Waals surface area contributed by atoms with E-state index in [4.69, 9.17) is 0 Å². The number of nitrogens with zero attached hydrogens (tertiary/aromatic N) is 3. The van der Waals surface area contributed by atoms with Crippen LogP contribution in [0.1, 0.15) is 28.5 Å². The molecule has 2 aromatic rings. The number of benzene rings is 1. The smallest absolute Gasteiger partial charge is 0.293 e. The maximum atomic E-state index is 12.2. The zero-order valence-electron chi connectivity index (χ0n) is 12.1. The summed E-state index contributed by atoms with van der Waals surface area (Å²) < 4.78 is 1.69. The number of nitrogens with one attached hydrogen (secondary N) is 1. The summed E-state index contributed by atoms with van der Waals surface area (Å²) >= 11 is 0. The molecule has 0 aliphatic carbocycles. The lowest BCUT2D eigenvalue weighted by molar-refractivity contribution is -0.384. The van der Waals surface area contributed by atoms with Crippen molar-refractivity contribution in [1.82, 2.24) is 9.78 Å². The van der Waals surface area contributed by atoms with Gasteiger partial charge in [-0.2, -0.15) is 5.10 Å². The molecule has 0 saturated heterocycles. The number of nitro groups is 1. The van der Waals surface area contributed by atoms with Gasteiger partial charge in [-0.15, -0.1) is 0 Å². The van der Waals surface area contributed by atoms with E-state index in [1.807, 2.05) is 6.92 Å². The van der Waals surface area contributed by atoms with Crippen molar-refractivity contribution in [3.05, 3.63) is 51.3 Å². The van der Waals surface area contributed by atoms with Crippen LogP contribution in [0.15, 0.2) is 24.4 Å². The lowest BCUT2D eigenvalue weighted by Gasteiger charge is -2.07. The molecule has 1 aromatic heterocycles. The van der Waals surface area contributed by atoms with E-state index in [1.54, 1.807) is 24.6 Å². The fraction of sp³-hybridized carbons (Fsp3) is 0.286. The Kier molecular flexibility index (Phi) is 4.02. The minimum absolute atomic E-state index is 0.121. The Morgan fingerprint density at radius 3 is 2.71 bits per heavy atom. The van der Waals surface area contributed by atoms with Crippen LogP contribution in [0, 0.1) is 24.0 Å². The number of rotatable bonds is 4. The standard InChI is InChI=1S/C14H16N4O3/c1-4-17-10(3)11(8-15-17)14(19)16-12-6-5-9(2)7-13(12)18(20)21/h5-8H,4H2,1-3H3,(H,16,19). The number of anilines is 1. The van der Waals surface area contributed by atoms with Crippen LogP contribution in [0.3, 0.4) is 0 Å². The molecular weight excluding hydrogens is 272 g/mol. The Bertz CT molecular complexity index is 706. The number of aromatic nitrogens is 2. The van der Waals surface area contributed by atoms with Gasteiger partial charge in [0.15, 0.2) is 0 Å². The Balaban J connectivity index is 2.31. The number of carbonyl (C=O) groups is 1. The van der Waals surface area contributed by atoms with Gasteiger partial charge in [-0.05, 0) is 32.4 Å². The van der Waals surface area contributed by atoms with Gasteiger partial charge in [0.2, 0.25) is 0 Å². The highest BCUT2D eigenvalue weighted by atomic mass is 16.6. The predicted molar refractivity (Wildman–Crippen MR) is 78.4 cm³/mol. The summed E-state index contributed by atoms with van der Waals surface area (Å²) in [7, 11) is 0. The van der Waals surface area contributed by atoms with Gasteiger partial charge in [0, 0.05) is 18.3 Å². The van der Waals surface area contributed by atoms with Gasteiger partial charge in [0.1, 0.15) is 5.69 Å². The van der Waals surface area contributed by atoms with Gasteiger partial charge >= 0.3 is 0 Å². The fourth-order valence-electron chi connectivity index (χ4n) is 2.08. The second kappa shape index (κ2) is 5.74. The van der Waals surface area contributed by atoms with E-state index >= 15 is 0 Å². The molecule has 0 aliphatic rings. The number of amides is 1. The minimum Gasteiger partial charge on any atom is -0.316 e. The molecule has 0 atom stereocenters. The second-order valence-electron chi connectivity index (χ2n) is 4.69. The monoisotopic (exact) mass is 288 g/mol. The highest BCUT2D eigenvalue weighted by molar-refractivity contribution is 6.06. The van der Waals surface area contributed by atoms with Crippen molar-refractivity contribution in [2.24, 2.45) is 0 Å². The normalized spacial score (nSPS) is 10.4. The molecule has 1 amide bonds. The van der Waals surface area contributed by atoms with Crippen molar-refractivity contribution in [1.29, 1.82) is 0 Å². The van der Waals surface area contributed by atoms with Crippen molar-refractivity contribution in [2.75, 3.05) is 5.32 Å². The van der Waals surface area contributed by atoms with E-state index in [9.17, 15) is 14.9 Å². The van der Waals surface area contributed by atoms with E-state index in [0.717, 1.165) is 11.3 Å². The summed E-state index contributed by atoms with van der Waals surface area (Å²) in [5.41, 5.74) is 1.95. The molecular formula is C14H16N4O3. The van der Waals surface area contributed by atoms with Crippen LogP contribution < -0.4 is 5.32 Å². The van der Waals surface area contributed by atoms with Crippen molar-refractivity contribution >= 4 is 17.3 Å². The molecule has 2 rings (SSSR count). The quantitative estimate of drug-likeness (QED) is 0.691. The summed E-state index contributed by atoms with van der Waals surface area (Å²) in [5, 5.41) is 17.7. The zero-order chi connectivity index (χ0) is 15.6. The van der Waals surface area contributed by atoms with Gasteiger partial charge in [-0.3, -0.25) is 19.6 Å². The van der Waals surface area contributed by atoms with Crippen molar-refractivity contribution in [2.45, 2.75) is 27.3 Å². The topological polar surface area (TPSA) is 90.1 Å². The van der Waals surface area contributed by atoms with E-state index in [0.29, 0.717) is 12.1 Å². The highest BCUT2D eigenvalue weighted by Gasteiger charge is 2.19. The minimum atomic E-state index is -0.509. The Hall–Kier alpha value is -2.70. The molecule has 0 spiro atoms. The third-order valence-corrected chi connectivity index (χ3v) is 3.25. The van der Waals surface area contributed by atoms with Crippen molar-refractivity contribution in [3.63, 3.8) is 0 Å². The molecule has 0 fully saturated rings. The summed E-state index contributed by atoms with van der Waals surface area (Å²) in [4.78, 5) is 22.8. The zero-order valence-corrected chi connectivity index (χ0v) is 12.1. The van der Waals surface area contributed by atoms with Crippen LogP contribution in [0.2, 0.25) is 0 Å². The second-order valence-corrected chi connectivity index (χ2v) is 4.69. The van der Waals surface area contributed by atoms with Crippen LogP contribution >= 0.6 is 0 Å². The fourth-order valence-corrected chi connectivity index (χ4v) is 2.08. The van der Waals surface area contributed by atoms with Gasteiger partial charge in [0.05, 0.1) is 16.7 Å². The summed E-state index contributed by atoms with van der Waals surface area (Å²) in [6.45, 7) is 6.12. The van der Waals surface area contributed by atoms with Gasteiger partial charge < -0.3 is 5.32 Å². The molecule has 110 valence electrons. The van der Waals surface area contributed by atoms with Crippen LogP contribution in [0.4, 0.5) is 11.4 Å². The van der Waals surface area contributed by atoms with Gasteiger partial charge in [-0.25, -0.2) is 0 Å². The van der Waals surface area contributed by atoms with Crippen molar-refractivity contribution in [3.8, 4) is 0 Å². The van der Waals surface area contributed by atoms with Crippen LogP contribution in [0.5, 0.6) is 0 Å². The number of hydrogen-bond acceptors (Lipinski definition) is 4. The Morgan fingerprint density at radius 1 is 1.43 bits per heavy atom. The lowest BCUT2D eigenvalue weighted by atomic mass is 10.2. The first-order valence-corrected chi connectivity index (χ1v) is 6.52. The molecule has 0 saturated carbocycles.